The fraction of sp³-hybridized carbons (Fsp3) is 0.316. The summed E-state index contributed by atoms with van der Waals surface area (Å²) in [6.45, 7) is 6.28. The summed E-state index contributed by atoms with van der Waals surface area (Å²) in [4.78, 5) is 16.5. The van der Waals surface area contributed by atoms with Crippen LogP contribution >= 0.6 is 23.1 Å². The average molecular weight is 397 g/mol. The number of thiazole rings is 1. The lowest BCUT2D eigenvalue weighted by Gasteiger charge is -2.41. The van der Waals surface area contributed by atoms with Crippen molar-refractivity contribution >= 4 is 28.3 Å². The summed E-state index contributed by atoms with van der Waals surface area (Å²) in [6, 6.07) is 5.37. The van der Waals surface area contributed by atoms with E-state index in [-0.39, 0.29) is 11.6 Å². The van der Waals surface area contributed by atoms with E-state index < -0.39 is 5.79 Å². The van der Waals surface area contributed by atoms with Crippen molar-refractivity contribution in [1.29, 1.82) is 0 Å². The van der Waals surface area contributed by atoms with Crippen LogP contribution in [0.15, 0.2) is 47.2 Å². The normalized spacial score (nSPS) is 23.8. The maximum absolute atomic E-state index is 6.84. The van der Waals surface area contributed by atoms with Crippen molar-refractivity contribution < 1.29 is 0 Å². The molecule has 0 radical (unpaired) electrons. The molecule has 2 aliphatic rings. The lowest BCUT2D eigenvalue weighted by atomic mass is 10.0. The maximum atomic E-state index is 6.84. The van der Waals surface area contributed by atoms with Gasteiger partial charge in [-0.15, -0.1) is 11.3 Å². The first-order valence-electron chi connectivity index (χ1n) is 8.53. The van der Waals surface area contributed by atoms with Crippen LogP contribution in [-0.4, -0.2) is 31.4 Å². The van der Waals surface area contributed by atoms with Gasteiger partial charge in [-0.05, 0) is 50.2 Å². The first kappa shape index (κ1) is 18.2. The van der Waals surface area contributed by atoms with Crippen molar-refractivity contribution in [3.05, 3.63) is 57.8 Å². The van der Waals surface area contributed by atoms with E-state index in [0.29, 0.717) is 0 Å². The Kier molecular flexibility index (Phi) is 4.56. The molecule has 2 atom stereocenters. The summed E-state index contributed by atoms with van der Waals surface area (Å²) in [5.41, 5.74) is 7.39. The Labute approximate surface area is 167 Å². The van der Waals surface area contributed by atoms with E-state index in [9.17, 15) is 0 Å². The van der Waals surface area contributed by atoms with E-state index in [1.807, 2.05) is 34.7 Å². The molecule has 0 saturated carbocycles. The van der Waals surface area contributed by atoms with Gasteiger partial charge in [0.2, 0.25) is 0 Å². The number of hydrogen-bond acceptors (Lipinski definition) is 8. The molecule has 0 aliphatic carbocycles. The molecule has 2 unspecified atom stereocenters. The highest BCUT2D eigenvalue weighted by molar-refractivity contribution is 8.16. The number of nitrogens with one attached hydrogen (secondary N) is 1. The topological polar surface area (TPSA) is 79.4 Å². The highest BCUT2D eigenvalue weighted by Crippen LogP contribution is 2.43. The molecule has 0 fully saturated rings. The largest absolute Gasteiger partial charge is 0.293 e. The van der Waals surface area contributed by atoms with E-state index in [1.165, 1.54) is 11.3 Å². The van der Waals surface area contributed by atoms with Gasteiger partial charge in [0.05, 0.1) is 11.1 Å². The predicted octanol–water partition coefficient (Wildman–Crippen LogP) is 2.87. The molecule has 8 heteroatoms. The SMILES string of the molecule is CC(C)(C)NC1(N)C(c2ncc(C#Cc3ccccn3)s2)N=C2SC=CN21. The molecule has 6 nitrogen and oxygen atoms in total. The number of rotatable bonds is 2. The molecule has 0 aromatic carbocycles. The highest BCUT2D eigenvalue weighted by Gasteiger charge is 2.51. The number of nitrogens with zero attached hydrogens (tertiary/aromatic N) is 4. The van der Waals surface area contributed by atoms with Gasteiger partial charge in [0, 0.05) is 17.9 Å². The average Bonchev–Trinajstić information content (AvgIpc) is 3.30. The van der Waals surface area contributed by atoms with Crippen molar-refractivity contribution in [1.82, 2.24) is 20.2 Å². The molecule has 27 heavy (non-hydrogen) atoms. The summed E-state index contributed by atoms with van der Waals surface area (Å²) in [7, 11) is 0. The molecular weight excluding hydrogens is 376 g/mol. The minimum absolute atomic E-state index is 0.183. The smallest absolute Gasteiger partial charge is 0.179 e. The maximum Gasteiger partial charge on any atom is 0.179 e. The van der Waals surface area contributed by atoms with Gasteiger partial charge in [0.15, 0.2) is 17.0 Å². The van der Waals surface area contributed by atoms with Gasteiger partial charge in [-0.1, -0.05) is 17.8 Å². The number of nitrogens with two attached hydrogens (primary N) is 1. The van der Waals surface area contributed by atoms with Crippen LogP contribution in [0.5, 0.6) is 0 Å². The summed E-state index contributed by atoms with van der Waals surface area (Å²) in [6.07, 6.45) is 5.48. The standard InChI is InChI=1S/C19H20N6S2/c1-18(2,3)24-19(20)15(23-17-25(19)10-11-26-17)16-22-12-14(27-16)8-7-13-6-4-5-9-21-13/h4-6,9-12,15,24H,20H2,1-3H3. The molecule has 4 rings (SSSR count). The Hall–Kier alpha value is -2.18. The second kappa shape index (κ2) is 6.77. The van der Waals surface area contributed by atoms with Crippen LogP contribution in [0.1, 0.15) is 42.4 Å². The Balaban J connectivity index is 1.64. The zero-order chi connectivity index (χ0) is 19.1. The number of aliphatic imine (C=N–C) groups is 1. The molecule has 0 saturated heterocycles. The van der Waals surface area contributed by atoms with Crippen LogP contribution in [-0.2, 0) is 0 Å². The quantitative estimate of drug-likeness (QED) is 0.600. The number of aromatic nitrogens is 2. The molecule has 3 N–H and O–H groups in total. The van der Waals surface area contributed by atoms with Gasteiger partial charge in [-0.2, -0.15) is 0 Å². The molecule has 0 spiro atoms. The van der Waals surface area contributed by atoms with Crippen LogP contribution < -0.4 is 11.1 Å². The minimum Gasteiger partial charge on any atom is -0.293 e. The Morgan fingerprint density at radius 1 is 1.26 bits per heavy atom. The summed E-state index contributed by atoms with van der Waals surface area (Å²) < 4.78 is 0. The van der Waals surface area contributed by atoms with Gasteiger partial charge in [-0.3, -0.25) is 16.0 Å². The molecule has 2 aromatic heterocycles. The number of hydrogen-bond donors (Lipinski definition) is 2. The van der Waals surface area contributed by atoms with E-state index in [2.05, 4.69) is 47.9 Å². The van der Waals surface area contributed by atoms with E-state index in [0.717, 1.165) is 20.7 Å². The molecule has 138 valence electrons. The third kappa shape index (κ3) is 3.64. The summed E-state index contributed by atoms with van der Waals surface area (Å²) in [5.74, 6) is 5.33. The number of fused-ring (bicyclic) bond motifs is 1. The van der Waals surface area contributed by atoms with Crippen molar-refractivity contribution in [3.8, 4) is 11.8 Å². The van der Waals surface area contributed by atoms with E-state index >= 15 is 0 Å². The monoisotopic (exact) mass is 396 g/mol. The van der Waals surface area contributed by atoms with Crippen LogP contribution in [0, 0.1) is 11.8 Å². The Bertz CT molecular complexity index is 963. The Morgan fingerprint density at radius 2 is 2.11 bits per heavy atom. The summed E-state index contributed by atoms with van der Waals surface area (Å²) in [5, 5.41) is 7.25. The summed E-state index contributed by atoms with van der Waals surface area (Å²) >= 11 is 3.09. The molecule has 4 heterocycles. The number of amidine groups is 1. The van der Waals surface area contributed by atoms with Crippen molar-refractivity contribution in [2.75, 3.05) is 0 Å². The van der Waals surface area contributed by atoms with Crippen molar-refractivity contribution in [3.63, 3.8) is 0 Å². The van der Waals surface area contributed by atoms with Crippen molar-refractivity contribution in [2.24, 2.45) is 10.7 Å². The van der Waals surface area contributed by atoms with E-state index in [4.69, 9.17) is 10.7 Å². The number of thioether (sulfide) groups is 1. The first-order valence-corrected chi connectivity index (χ1v) is 10.2. The van der Waals surface area contributed by atoms with Crippen LogP contribution in [0.25, 0.3) is 0 Å². The zero-order valence-electron chi connectivity index (χ0n) is 15.3. The van der Waals surface area contributed by atoms with Gasteiger partial charge in [0.25, 0.3) is 0 Å². The third-order valence-electron chi connectivity index (χ3n) is 3.96. The van der Waals surface area contributed by atoms with Gasteiger partial charge < -0.3 is 0 Å². The van der Waals surface area contributed by atoms with Crippen LogP contribution in [0.3, 0.4) is 0 Å². The molecule has 2 aliphatic heterocycles. The van der Waals surface area contributed by atoms with Gasteiger partial charge in [0.1, 0.15) is 10.7 Å². The Morgan fingerprint density at radius 3 is 2.85 bits per heavy atom. The van der Waals surface area contributed by atoms with E-state index in [1.54, 1.807) is 24.2 Å². The van der Waals surface area contributed by atoms with Crippen LogP contribution in [0.4, 0.5) is 0 Å². The molecular formula is C19H20N6S2. The predicted molar refractivity (Wildman–Crippen MR) is 111 cm³/mol. The lowest BCUT2D eigenvalue weighted by molar-refractivity contribution is 0.124. The van der Waals surface area contributed by atoms with Crippen LogP contribution in [0.2, 0.25) is 0 Å². The molecule has 0 amide bonds. The second-order valence-corrected chi connectivity index (χ2v) is 9.25. The van der Waals surface area contributed by atoms with Crippen molar-refractivity contribution in [2.45, 2.75) is 38.1 Å². The first-order chi connectivity index (χ1) is 12.9. The molecule has 2 aromatic rings. The fourth-order valence-electron chi connectivity index (χ4n) is 2.99. The lowest BCUT2D eigenvalue weighted by Crippen LogP contribution is -2.68. The fourth-order valence-corrected chi connectivity index (χ4v) is 4.67. The number of pyridine rings is 1. The second-order valence-electron chi connectivity index (χ2n) is 7.32. The molecule has 0 bridgehead atoms. The van der Waals surface area contributed by atoms with Gasteiger partial charge in [-0.25, -0.2) is 15.0 Å². The highest BCUT2D eigenvalue weighted by atomic mass is 32.2. The minimum atomic E-state index is -0.864. The zero-order valence-corrected chi connectivity index (χ0v) is 16.9. The third-order valence-corrected chi connectivity index (χ3v) is 5.69. The van der Waals surface area contributed by atoms with Gasteiger partial charge >= 0.3 is 0 Å².